The number of rotatable bonds is 3. The molecule has 130 valence electrons. The van der Waals surface area contributed by atoms with E-state index in [1.807, 2.05) is 31.2 Å². The molecular formula is C16H21ClN4O2S. The Bertz CT molecular complexity index is 830. The molecule has 0 spiro atoms. The summed E-state index contributed by atoms with van der Waals surface area (Å²) >= 11 is 6.06. The summed E-state index contributed by atoms with van der Waals surface area (Å²) in [5.41, 5.74) is 1.01. The molecule has 1 unspecified atom stereocenters. The molecule has 1 aromatic carbocycles. The highest BCUT2D eigenvalue weighted by atomic mass is 35.5. The molecule has 1 aromatic heterocycles. The van der Waals surface area contributed by atoms with Gasteiger partial charge in [-0.1, -0.05) is 17.7 Å². The molecule has 3 rings (SSSR count). The maximum absolute atomic E-state index is 12.9. The highest BCUT2D eigenvalue weighted by Gasteiger charge is 2.35. The lowest BCUT2D eigenvalue weighted by Gasteiger charge is -2.39. The summed E-state index contributed by atoms with van der Waals surface area (Å²) in [7, 11) is -1.78. The number of benzene rings is 1. The van der Waals surface area contributed by atoms with Crippen molar-refractivity contribution < 1.29 is 8.42 Å². The standard InChI is InChI=1S/C16H21ClN4O2S/c1-12-10-20(15-6-4-5-14(17)9-15)7-8-21(12)24(22,23)16-11-19(3)13(2)18-16/h4-6,9,11-12H,7-8,10H2,1-3H3. The Kier molecular flexibility index (Phi) is 4.59. The van der Waals surface area contributed by atoms with Gasteiger partial charge < -0.3 is 9.47 Å². The van der Waals surface area contributed by atoms with Gasteiger partial charge in [-0.25, -0.2) is 13.4 Å². The van der Waals surface area contributed by atoms with Crippen LogP contribution in [0.4, 0.5) is 5.69 Å². The fourth-order valence-corrected chi connectivity index (χ4v) is 4.80. The van der Waals surface area contributed by atoms with Crippen molar-refractivity contribution in [3.05, 3.63) is 41.3 Å². The number of sulfonamides is 1. The second kappa shape index (κ2) is 6.38. The summed E-state index contributed by atoms with van der Waals surface area (Å²) in [6.45, 7) is 5.37. The minimum Gasteiger partial charge on any atom is -0.369 e. The van der Waals surface area contributed by atoms with Crippen molar-refractivity contribution in [2.75, 3.05) is 24.5 Å². The zero-order chi connectivity index (χ0) is 17.5. The molecule has 0 N–H and O–H groups in total. The van der Waals surface area contributed by atoms with Crippen molar-refractivity contribution in [2.24, 2.45) is 7.05 Å². The van der Waals surface area contributed by atoms with Crippen LogP contribution in [0.25, 0.3) is 0 Å². The van der Waals surface area contributed by atoms with Crippen LogP contribution in [-0.2, 0) is 17.1 Å². The van der Waals surface area contributed by atoms with E-state index in [4.69, 9.17) is 11.6 Å². The van der Waals surface area contributed by atoms with E-state index in [2.05, 4.69) is 9.88 Å². The number of hydrogen-bond acceptors (Lipinski definition) is 4. The van der Waals surface area contributed by atoms with Crippen molar-refractivity contribution in [2.45, 2.75) is 24.9 Å². The van der Waals surface area contributed by atoms with E-state index in [-0.39, 0.29) is 11.1 Å². The van der Waals surface area contributed by atoms with Crippen LogP contribution in [0.1, 0.15) is 12.7 Å². The van der Waals surface area contributed by atoms with Crippen LogP contribution in [0.3, 0.4) is 0 Å². The lowest BCUT2D eigenvalue weighted by molar-refractivity contribution is 0.306. The maximum Gasteiger partial charge on any atom is 0.262 e. The average molecular weight is 369 g/mol. The largest absolute Gasteiger partial charge is 0.369 e. The highest BCUT2D eigenvalue weighted by molar-refractivity contribution is 7.89. The summed E-state index contributed by atoms with van der Waals surface area (Å²) in [4.78, 5) is 6.34. The Morgan fingerprint density at radius 1 is 1.29 bits per heavy atom. The number of anilines is 1. The van der Waals surface area contributed by atoms with Crippen LogP contribution in [0.5, 0.6) is 0 Å². The fraction of sp³-hybridized carbons (Fsp3) is 0.438. The molecular weight excluding hydrogens is 348 g/mol. The first-order chi connectivity index (χ1) is 11.3. The minimum absolute atomic E-state index is 0.116. The van der Waals surface area contributed by atoms with Gasteiger partial charge in [0, 0.05) is 49.6 Å². The molecule has 1 aliphatic rings. The molecule has 1 aliphatic heterocycles. The Hall–Kier alpha value is -1.57. The lowest BCUT2D eigenvalue weighted by Crippen LogP contribution is -2.54. The first-order valence-electron chi connectivity index (χ1n) is 7.81. The summed E-state index contributed by atoms with van der Waals surface area (Å²) in [5.74, 6) is 0.679. The SMILES string of the molecule is Cc1nc(S(=O)(=O)N2CCN(c3cccc(Cl)c3)CC2C)cn1C. The van der Waals surface area contributed by atoms with E-state index in [1.54, 1.807) is 24.7 Å². The normalized spacial score (nSPS) is 19.7. The summed E-state index contributed by atoms with van der Waals surface area (Å²) in [6.07, 6.45) is 1.57. The Balaban J connectivity index is 1.80. The summed E-state index contributed by atoms with van der Waals surface area (Å²) in [6, 6.07) is 7.48. The monoisotopic (exact) mass is 368 g/mol. The molecule has 0 radical (unpaired) electrons. The van der Waals surface area contributed by atoms with E-state index in [0.29, 0.717) is 30.5 Å². The van der Waals surface area contributed by atoms with E-state index in [0.717, 1.165) is 5.69 Å². The topological polar surface area (TPSA) is 58.4 Å². The third kappa shape index (κ3) is 3.16. The predicted octanol–water partition coefficient (Wildman–Crippen LogP) is 2.28. The second-order valence-corrected chi connectivity index (χ2v) is 8.40. The molecule has 0 saturated carbocycles. The number of hydrogen-bond donors (Lipinski definition) is 0. The smallest absolute Gasteiger partial charge is 0.262 e. The number of aryl methyl sites for hydroxylation is 2. The molecule has 2 heterocycles. The van der Waals surface area contributed by atoms with Gasteiger partial charge >= 0.3 is 0 Å². The van der Waals surface area contributed by atoms with Crippen molar-refractivity contribution in [1.29, 1.82) is 0 Å². The summed E-state index contributed by atoms with van der Waals surface area (Å²) in [5, 5.41) is 0.796. The minimum atomic E-state index is -3.58. The lowest BCUT2D eigenvalue weighted by atomic mass is 10.2. The Morgan fingerprint density at radius 3 is 2.62 bits per heavy atom. The van der Waals surface area contributed by atoms with Gasteiger partial charge in [-0.15, -0.1) is 0 Å². The van der Waals surface area contributed by atoms with Crippen LogP contribution in [0.2, 0.25) is 5.02 Å². The van der Waals surface area contributed by atoms with Gasteiger partial charge in [0.1, 0.15) is 5.82 Å². The zero-order valence-electron chi connectivity index (χ0n) is 14.0. The van der Waals surface area contributed by atoms with Gasteiger partial charge in [0.05, 0.1) is 0 Å². The Morgan fingerprint density at radius 2 is 2.04 bits per heavy atom. The third-order valence-corrected chi connectivity index (χ3v) is 6.52. The first-order valence-corrected chi connectivity index (χ1v) is 9.63. The van der Waals surface area contributed by atoms with Crippen molar-refractivity contribution in [3.63, 3.8) is 0 Å². The molecule has 8 heteroatoms. The average Bonchev–Trinajstić information content (AvgIpc) is 2.87. The number of nitrogens with zero attached hydrogens (tertiary/aromatic N) is 4. The van der Waals surface area contributed by atoms with Crippen LogP contribution >= 0.6 is 11.6 Å². The van der Waals surface area contributed by atoms with E-state index in [1.165, 1.54) is 4.31 Å². The van der Waals surface area contributed by atoms with Crippen LogP contribution in [0.15, 0.2) is 35.5 Å². The van der Waals surface area contributed by atoms with Crippen LogP contribution in [0, 0.1) is 6.92 Å². The van der Waals surface area contributed by atoms with Crippen molar-refractivity contribution in [1.82, 2.24) is 13.9 Å². The molecule has 0 aliphatic carbocycles. The quantitative estimate of drug-likeness (QED) is 0.834. The molecule has 0 bridgehead atoms. The van der Waals surface area contributed by atoms with Crippen molar-refractivity contribution >= 4 is 27.3 Å². The Labute approximate surface area is 147 Å². The van der Waals surface area contributed by atoms with Crippen molar-refractivity contribution in [3.8, 4) is 0 Å². The predicted molar refractivity (Wildman–Crippen MR) is 95.0 cm³/mol. The number of imidazole rings is 1. The highest BCUT2D eigenvalue weighted by Crippen LogP contribution is 2.25. The van der Waals surface area contributed by atoms with Gasteiger partial charge in [-0.05, 0) is 32.0 Å². The maximum atomic E-state index is 12.9. The molecule has 1 fully saturated rings. The molecule has 0 amide bonds. The number of halogens is 1. The van der Waals surface area contributed by atoms with Gasteiger partial charge in [0.25, 0.3) is 10.0 Å². The zero-order valence-corrected chi connectivity index (χ0v) is 15.5. The van der Waals surface area contributed by atoms with Gasteiger partial charge in [-0.3, -0.25) is 0 Å². The first kappa shape index (κ1) is 17.3. The third-order valence-electron chi connectivity index (χ3n) is 4.40. The van der Waals surface area contributed by atoms with Crippen LogP contribution in [-0.4, -0.2) is 48.0 Å². The molecule has 1 saturated heterocycles. The summed E-state index contributed by atoms with van der Waals surface area (Å²) < 4.78 is 29.0. The van der Waals surface area contributed by atoms with E-state index in [9.17, 15) is 8.42 Å². The van der Waals surface area contributed by atoms with E-state index < -0.39 is 10.0 Å². The van der Waals surface area contributed by atoms with Gasteiger partial charge in [0.15, 0.2) is 5.03 Å². The molecule has 24 heavy (non-hydrogen) atoms. The van der Waals surface area contributed by atoms with Gasteiger partial charge in [-0.2, -0.15) is 4.31 Å². The number of aromatic nitrogens is 2. The molecule has 6 nitrogen and oxygen atoms in total. The van der Waals surface area contributed by atoms with E-state index >= 15 is 0 Å². The number of piperazine rings is 1. The molecule has 2 aromatic rings. The van der Waals surface area contributed by atoms with Crippen LogP contribution < -0.4 is 4.90 Å². The fourth-order valence-electron chi connectivity index (χ4n) is 2.98. The van der Waals surface area contributed by atoms with Gasteiger partial charge in [0.2, 0.25) is 0 Å². The molecule has 1 atom stereocenters. The second-order valence-electron chi connectivity index (χ2n) is 6.13.